The molecule has 0 heterocycles. The Labute approximate surface area is 158 Å². The van der Waals surface area contributed by atoms with Crippen LogP contribution in [-0.4, -0.2) is 38.6 Å². The van der Waals surface area contributed by atoms with Crippen LogP contribution in [0.5, 0.6) is 5.75 Å². The van der Waals surface area contributed by atoms with Crippen molar-refractivity contribution in [2.24, 2.45) is 0 Å². The number of carbonyl (C=O) groups excluding carboxylic acids is 2. The largest absolute Gasteiger partial charge is 0.422 e. The smallest absolute Gasteiger partial charge is 0.343 e. The number of hydrogen-bond acceptors (Lipinski definition) is 5. The highest BCUT2D eigenvalue weighted by atomic mass is 32.2. The first kappa shape index (κ1) is 19.3. The second-order valence-corrected chi connectivity index (χ2v) is 9.05. The van der Waals surface area contributed by atoms with Crippen molar-refractivity contribution in [3.8, 4) is 5.75 Å². The fraction of sp³-hybridized carbons (Fsp3) is 0.300. The summed E-state index contributed by atoms with van der Waals surface area (Å²) in [5.41, 5.74) is 2.45. The van der Waals surface area contributed by atoms with E-state index >= 15 is 0 Å². The lowest BCUT2D eigenvalue weighted by molar-refractivity contribution is 0.0732. The molecule has 27 heavy (non-hydrogen) atoms. The number of sulfonamides is 1. The molecule has 0 spiro atoms. The zero-order chi connectivity index (χ0) is 19.9. The average molecular weight is 387 g/mol. The van der Waals surface area contributed by atoms with Crippen molar-refractivity contribution in [1.82, 2.24) is 4.31 Å². The van der Waals surface area contributed by atoms with Crippen LogP contribution >= 0.6 is 0 Å². The van der Waals surface area contributed by atoms with Gasteiger partial charge in [0.25, 0.3) is 0 Å². The number of carbonyl (C=O) groups is 2. The predicted octanol–water partition coefficient (Wildman–Crippen LogP) is 3.15. The molecule has 142 valence electrons. The highest BCUT2D eigenvalue weighted by Crippen LogP contribution is 2.40. The van der Waals surface area contributed by atoms with E-state index in [4.69, 9.17) is 4.74 Å². The van der Waals surface area contributed by atoms with Gasteiger partial charge in [-0.25, -0.2) is 17.5 Å². The summed E-state index contributed by atoms with van der Waals surface area (Å²) in [7, 11) is -0.827. The molecule has 2 aromatic rings. The number of aryl methyl sites for hydroxylation is 1. The predicted molar refractivity (Wildman–Crippen MR) is 101 cm³/mol. The number of ketones is 1. The van der Waals surface area contributed by atoms with Gasteiger partial charge in [-0.3, -0.25) is 4.79 Å². The van der Waals surface area contributed by atoms with E-state index in [1.807, 2.05) is 19.9 Å². The van der Waals surface area contributed by atoms with E-state index in [1.54, 1.807) is 6.07 Å². The van der Waals surface area contributed by atoms with Crippen molar-refractivity contribution in [3.05, 3.63) is 58.7 Å². The number of nitrogens with zero attached hydrogens (tertiary/aromatic N) is 1. The van der Waals surface area contributed by atoms with E-state index in [0.717, 1.165) is 15.4 Å². The van der Waals surface area contributed by atoms with Gasteiger partial charge in [-0.1, -0.05) is 19.1 Å². The summed E-state index contributed by atoms with van der Waals surface area (Å²) in [6.45, 7) is 3.90. The average Bonchev–Trinajstić information content (AvgIpc) is 2.92. The molecule has 7 heteroatoms. The number of Topliss-reactive ketones (excluding diaryl/α,β-unsaturated/α-hetero) is 1. The molecule has 0 N–H and O–H groups in total. The third-order valence-corrected chi connectivity index (χ3v) is 6.55. The normalized spacial score (nSPS) is 16.5. The second-order valence-electron chi connectivity index (χ2n) is 6.90. The highest BCUT2D eigenvalue weighted by Gasteiger charge is 2.32. The van der Waals surface area contributed by atoms with Gasteiger partial charge in [0, 0.05) is 20.5 Å². The molecule has 6 nitrogen and oxygen atoms in total. The minimum Gasteiger partial charge on any atom is -0.422 e. The van der Waals surface area contributed by atoms with Crippen LogP contribution in [0.15, 0.2) is 41.3 Å². The van der Waals surface area contributed by atoms with Crippen LogP contribution in [0, 0.1) is 6.92 Å². The van der Waals surface area contributed by atoms with Gasteiger partial charge < -0.3 is 4.74 Å². The Bertz CT molecular complexity index is 1040. The van der Waals surface area contributed by atoms with Crippen molar-refractivity contribution in [2.75, 3.05) is 14.1 Å². The van der Waals surface area contributed by atoms with Crippen LogP contribution < -0.4 is 4.74 Å². The number of esters is 1. The minimum absolute atomic E-state index is 0.000726. The van der Waals surface area contributed by atoms with Gasteiger partial charge in [-0.15, -0.1) is 0 Å². The van der Waals surface area contributed by atoms with Crippen LogP contribution in [0.1, 0.15) is 51.1 Å². The lowest BCUT2D eigenvalue weighted by Gasteiger charge is -2.14. The van der Waals surface area contributed by atoms with E-state index in [9.17, 15) is 18.0 Å². The standard InChI is InChI=1S/C20H21NO5S/c1-12-8-9-17(19-16(22)10-13(2)18(12)19)26-20(23)14-6-5-7-15(11-14)27(24,25)21(3)4/h5-9,11,13H,10H2,1-4H3. The number of hydrogen-bond donors (Lipinski definition) is 0. The summed E-state index contributed by atoms with van der Waals surface area (Å²) >= 11 is 0. The molecule has 0 saturated heterocycles. The zero-order valence-electron chi connectivity index (χ0n) is 15.6. The monoisotopic (exact) mass is 387 g/mol. The van der Waals surface area contributed by atoms with Crippen molar-refractivity contribution in [1.29, 1.82) is 0 Å². The number of benzene rings is 2. The number of rotatable bonds is 4. The summed E-state index contributed by atoms with van der Waals surface area (Å²) in [6, 6.07) is 9.10. The SMILES string of the molecule is Cc1ccc(OC(=O)c2cccc(S(=O)(=O)N(C)C)c2)c2c1C(C)CC2=O. The van der Waals surface area contributed by atoms with Crippen molar-refractivity contribution >= 4 is 21.8 Å². The first-order chi connectivity index (χ1) is 12.6. The zero-order valence-corrected chi connectivity index (χ0v) is 16.5. The van der Waals surface area contributed by atoms with Crippen molar-refractivity contribution < 1.29 is 22.7 Å². The van der Waals surface area contributed by atoms with E-state index in [1.165, 1.54) is 38.4 Å². The fourth-order valence-electron chi connectivity index (χ4n) is 3.35. The molecule has 0 aromatic heterocycles. The molecular weight excluding hydrogens is 366 g/mol. The van der Waals surface area contributed by atoms with Crippen molar-refractivity contribution in [2.45, 2.75) is 31.1 Å². The molecule has 0 amide bonds. The summed E-state index contributed by atoms with van der Waals surface area (Å²) in [4.78, 5) is 24.9. The number of fused-ring (bicyclic) bond motifs is 1. The Hall–Kier alpha value is -2.51. The molecule has 2 aromatic carbocycles. The Morgan fingerprint density at radius 3 is 2.56 bits per heavy atom. The molecule has 0 saturated carbocycles. The first-order valence-corrected chi connectivity index (χ1v) is 9.98. The van der Waals surface area contributed by atoms with Gasteiger partial charge in [-0.2, -0.15) is 0 Å². The van der Waals surface area contributed by atoms with E-state index in [0.29, 0.717) is 12.0 Å². The molecule has 0 aliphatic heterocycles. The maximum absolute atomic E-state index is 12.6. The molecule has 0 fully saturated rings. The molecule has 1 aliphatic carbocycles. The summed E-state index contributed by atoms with van der Waals surface area (Å²) in [5.74, 6) is -0.451. The van der Waals surface area contributed by atoms with E-state index < -0.39 is 16.0 Å². The maximum atomic E-state index is 12.6. The molecule has 1 atom stereocenters. The first-order valence-electron chi connectivity index (χ1n) is 8.54. The van der Waals surface area contributed by atoms with Crippen LogP contribution in [0.25, 0.3) is 0 Å². The quantitative estimate of drug-likeness (QED) is 0.595. The van der Waals surface area contributed by atoms with E-state index in [2.05, 4.69) is 0 Å². The van der Waals surface area contributed by atoms with Crippen LogP contribution in [0.2, 0.25) is 0 Å². The molecule has 1 unspecified atom stereocenters. The third kappa shape index (κ3) is 3.40. The summed E-state index contributed by atoms with van der Waals surface area (Å²) in [6.07, 6.45) is 0.390. The van der Waals surface area contributed by atoms with Gasteiger partial charge in [0.15, 0.2) is 5.78 Å². The molecule has 0 bridgehead atoms. The third-order valence-electron chi connectivity index (χ3n) is 4.74. The van der Waals surface area contributed by atoms with Gasteiger partial charge in [0.05, 0.1) is 16.0 Å². The van der Waals surface area contributed by atoms with Gasteiger partial charge in [-0.05, 0) is 48.2 Å². The van der Waals surface area contributed by atoms with E-state index in [-0.39, 0.29) is 27.9 Å². The highest BCUT2D eigenvalue weighted by molar-refractivity contribution is 7.89. The number of ether oxygens (including phenoxy) is 1. The Kier molecular flexibility index (Phi) is 4.92. The molecular formula is C20H21NO5S. The van der Waals surface area contributed by atoms with Gasteiger partial charge in [0.2, 0.25) is 10.0 Å². The molecule has 0 radical (unpaired) electrons. The van der Waals surface area contributed by atoms with Crippen molar-refractivity contribution in [3.63, 3.8) is 0 Å². The lowest BCUT2D eigenvalue weighted by atomic mass is 9.97. The van der Waals surface area contributed by atoms with Gasteiger partial charge >= 0.3 is 5.97 Å². The fourth-order valence-corrected chi connectivity index (χ4v) is 4.29. The van der Waals surface area contributed by atoms with Gasteiger partial charge in [0.1, 0.15) is 5.75 Å². The summed E-state index contributed by atoms with van der Waals surface area (Å²) in [5, 5.41) is 0. The lowest BCUT2D eigenvalue weighted by Crippen LogP contribution is -2.22. The molecule has 1 aliphatic rings. The Morgan fingerprint density at radius 2 is 1.89 bits per heavy atom. The maximum Gasteiger partial charge on any atom is 0.343 e. The minimum atomic E-state index is -3.67. The molecule has 3 rings (SSSR count). The van der Waals surface area contributed by atoms with Crippen LogP contribution in [0.4, 0.5) is 0 Å². The topological polar surface area (TPSA) is 80.8 Å². The summed E-state index contributed by atoms with van der Waals surface area (Å²) < 4.78 is 31.1. The Balaban J connectivity index is 1.96. The van der Waals surface area contributed by atoms with Crippen LogP contribution in [-0.2, 0) is 10.0 Å². The Morgan fingerprint density at radius 1 is 1.19 bits per heavy atom. The van der Waals surface area contributed by atoms with Crippen LogP contribution in [0.3, 0.4) is 0 Å². The second kappa shape index (κ2) is 6.90.